The Morgan fingerprint density at radius 3 is 1.41 bits per heavy atom. The Morgan fingerprint density at radius 1 is 0.682 bits per heavy atom. The molecule has 0 saturated carbocycles. The molecule has 0 aromatic heterocycles. The maximum Gasteiger partial charge on any atom is 0.195 e. The van der Waals surface area contributed by atoms with Gasteiger partial charge in [-0.05, 0) is 24.3 Å². The van der Waals surface area contributed by atoms with Crippen molar-refractivity contribution >= 4 is 5.78 Å². The number of ketones is 1. The van der Waals surface area contributed by atoms with E-state index < -0.39 is 5.78 Å². The van der Waals surface area contributed by atoms with Crippen molar-refractivity contribution in [3.05, 3.63) is 69.8 Å². The van der Waals surface area contributed by atoms with Crippen LogP contribution in [0.2, 0.25) is 0 Å². The molecular weight excluding hydrogens is 276 g/mol. The lowest BCUT2D eigenvalue weighted by Crippen LogP contribution is -2.08. The minimum absolute atomic E-state index is 0.0353. The Kier molecular flexibility index (Phi) is 3.96. The van der Waals surface area contributed by atoms with Gasteiger partial charge in [-0.15, -0.1) is 0 Å². The van der Waals surface area contributed by atoms with Crippen LogP contribution in [-0.2, 0) is 0 Å². The van der Waals surface area contributed by atoms with Crippen molar-refractivity contribution in [2.75, 3.05) is 0 Å². The van der Waals surface area contributed by atoms with Crippen LogP contribution < -0.4 is 0 Å². The average Bonchev–Trinajstić information content (AvgIpc) is 2.59. The molecule has 2 aromatic rings. The lowest BCUT2D eigenvalue weighted by Gasteiger charge is -2.07. The number of carbonyl (C=O) groups is 1. The Balaban J connectivity index is 2.72. The first-order chi connectivity index (χ1) is 10.7. The van der Waals surface area contributed by atoms with Gasteiger partial charge < -0.3 is 0 Å². The fourth-order valence-corrected chi connectivity index (χ4v) is 2.06. The van der Waals surface area contributed by atoms with Crippen LogP contribution in [0.5, 0.6) is 0 Å². The van der Waals surface area contributed by atoms with Gasteiger partial charge in [0.1, 0.15) is 24.3 Å². The second-order valence-electron chi connectivity index (χ2n) is 4.23. The van der Waals surface area contributed by atoms with Crippen LogP contribution in [0.25, 0.3) is 0 Å². The molecule has 2 aromatic carbocycles. The Bertz CT molecular complexity index is 869. The van der Waals surface area contributed by atoms with Crippen molar-refractivity contribution in [1.29, 1.82) is 21.0 Å². The second-order valence-corrected chi connectivity index (χ2v) is 4.23. The Morgan fingerprint density at radius 2 is 1.09 bits per heavy atom. The maximum atomic E-state index is 12.6. The first-order valence-corrected chi connectivity index (χ1v) is 6.09. The third-order valence-electron chi connectivity index (χ3n) is 3.08. The number of carbonyl (C=O) groups excluding carboxylic acids is 1. The van der Waals surface area contributed by atoms with E-state index in [1.165, 1.54) is 36.4 Å². The van der Waals surface area contributed by atoms with Crippen molar-refractivity contribution < 1.29 is 4.79 Å². The van der Waals surface area contributed by atoms with Gasteiger partial charge in [0.15, 0.2) is 5.78 Å². The molecule has 2 rings (SSSR count). The predicted molar refractivity (Wildman–Crippen MR) is 75.2 cm³/mol. The first kappa shape index (κ1) is 14.5. The summed E-state index contributed by atoms with van der Waals surface area (Å²) in [5.74, 6) is -0.567. The van der Waals surface area contributed by atoms with E-state index in [1.807, 2.05) is 24.3 Å². The van der Waals surface area contributed by atoms with Gasteiger partial charge >= 0.3 is 0 Å². The highest BCUT2D eigenvalue weighted by molar-refractivity contribution is 6.12. The summed E-state index contributed by atoms with van der Waals surface area (Å²) in [4.78, 5) is 12.6. The third-order valence-corrected chi connectivity index (χ3v) is 3.08. The smallest absolute Gasteiger partial charge is 0.195 e. The molecule has 0 spiro atoms. The van der Waals surface area contributed by atoms with Crippen molar-refractivity contribution in [2.24, 2.45) is 0 Å². The standard InChI is InChI=1S/C17H6N4O/c18-7-11-3-1-5-13(15(11)9-20)17(22)14-6-2-4-12(8-19)16(14)10-21/h1-6H. The first-order valence-electron chi connectivity index (χ1n) is 6.09. The molecule has 0 saturated heterocycles. The summed E-state index contributed by atoms with van der Waals surface area (Å²) >= 11 is 0. The highest BCUT2D eigenvalue weighted by Gasteiger charge is 2.20. The Hall–Kier alpha value is -3.93. The van der Waals surface area contributed by atoms with Crippen molar-refractivity contribution in [3.8, 4) is 24.3 Å². The normalized spacial score (nSPS) is 8.91. The highest BCUT2D eigenvalue weighted by atomic mass is 16.1. The summed E-state index contributed by atoms with van der Waals surface area (Å²) in [6, 6.07) is 16.1. The zero-order chi connectivity index (χ0) is 16.1. The number of hydrogen-bond acceptors (Lipinski definition) is 5. The van der Waals surface area contributed by atoms with E-state index in [2.05, 4.69) is 0 Å². The van der Waals surface area contributed by atoms with Crippen molar-refractivity contribution in [2.45, 2.75) is 0 Å². The van der Waals surface area contributed by atoms with Gasteiger partial charge in [0.05, 0.1) is 22.3 Å². The van der Waals surface area contributed by atoms with Crippen LogP contribution >= 0.6 is 0 Å². The van der Waals surface area contributed by atoms with Crippen molar-refractivity contribution in [1.82, 2.24) is 0 Å². The molecule has 0 aliphatic carbocycles. The molecule has 0 aliphatic heterocycles. The van der Waals surface area contributed by atoms with Gasteiger partial charge in [0, 0.05) is 11.1 Å². The van der Waals surface area contributed by atoms with Gasteiger partial charge in [-0.1, -0.05) is 12.1 Å². The van der Waals surface area contributed by atoms with Gasteiger partial charge in [0.2, 0.25) is 0 Å². The largest absolute Gasteiger partial charge is 0.289 e. The molecule has 0 heterocycles. The minimum atomic E-state index is -0.567. The van der Waals surface area contributed by atoms with Gasteiger partial charge in [-0.25, -0.2) is 0 Å². The molecule has 0 aliphatic rings. The number of hydrogen-bond donors (Lipinski definition) is 0. The summed E-state index contributed by atoms with van der Waals surface area (Å²) in [7, 11) is 0. The zero-order valence-corrected chi connectivity index (χ0v) is 11.2. The predicted octanol–water partition coefficient (Wildman–Crippen LogP) is 2.40. The maximum absolute atomic E-state index is 12.6. The Labute approximate surface area is 126 Å². The van der Waals surface area contributed by atoms with E-state index in [0.29, 0.717) is 0 Å². The average molecular weight is 282 g/mol. The van der Waals surface area contributed by atoms with Crippen LogP contribution in [0.15, 0.2) is 36.4 Å². The van der Waals surface area contributed by atoms with E-state index in [1.54, 1.807) is 0 Å². The number of benzene rings is 2. The van der Waals surface area contributed by atoms with E-state index in [9.17, 15) is 15.3 Å². The van der Waals surface area contributed by atoms with Crippen LogP contribution in [0.1, 0.15) is 38.2 Å². The van der Waals surface area contributed by atoms with Crippen LogP contribution in [-0.4, -0.2) is 5.78 Å². The van der Waals surface area contributed by atoms with Gasteiger partial charge in [-0.2, -0.15) is 21.0 Å². The zero-order valence-electron chi connectivity index (χ0n) is 11.2. The van der Waals surface area contributed by atoms with Gasteiger partial charge in [0.25, 0.3) is 0 Å². The lowest BCUT2D eigenvalue weighted by molar-refractivity contribution is 0.103. The molecular formula is C17H6N4O. The number of nitriles is 4. The topological polar surface area (TPSA) is 112 Å². The molecule has 0 radical (unpaired) electrons. The van der Waals surface area contributed by atoms with Crippen LogP contribution in [0.3, 0.4) is 0 Å². The second kappa shape index (κ2) is 6.02. The highest BCUT2D eigenvalue weighted by Crippen LogP contribution is 2.21. The van der Waals surface area contributed by atoms with Crippen LogP contribution in [0, 0.1) is 45.3 Å². The van der Waals surface area contributed by atoms with Gasteiger partial charge in [-0.3, -0.25) is 4.79 Å². The summed E-state index contributed by atoms with van der Waals surface area (Å²) in [5, 5.41) is 36.4. The molecule has 0 bridgehead atoms. The molecule has 5 nitrogen and oxygen atoms in total. The molecule has 0 unspecified atom stereocenters. The fourth-order valence-electron chi connectivity index (χ4n) is 2.06. The summed E-state index contributed by atoms with van der Waals surface area (Å²) in [5.41, 5.74) is 0.162. The van der Waals surface area contributed by atoms with E-state index in [0.717, 1.165) is 0 Å². The van der Waals surface area contributed by atoms with E-state index >= 15 is 0 Å². The lowest BCUT2D eigenvalue weighted by atomic mass is 9.92. The van der Waals surface area contributed by atoms with E-state index in [-0.39, 0.29) is 33.4 Å². The summed E-state index contributed by atoms with van der Waals surface area (Å²) in [6.45, 7) is 0. The monoisotopic (exact) mass is 282 g/mol. The fraction of sp³-hybridized carbons (Fsp3) is 0. The summed E-state index contributed by atoms with van der Waals surface area (Å²) in [6.07, 6.45) is 0. The quantitative estimate of drug-likeness (QED) is 0.785. The van der Waals surface area contributed by atoms with Crippen molar-refractivity contribution in [3.63, 3.8) is 0 Å². The van der Waals surface area contributed by atoms with Crippen LogP contribution in [0.4, 0.5) is 0 Å². The molecule has 0 atom stereocenters. The molecule has 0 fully saturated rings. The number of nitrogens with zero attached hydrogens (tertiary/aromatic N) is 4. The molecule has 5 heteroatoms. The number of rotatable bonds is 2. The minimum Gasteiger partial charge on any atom is -0.289 e. The molecule has 22 heavy (non-hydrogen) atoms. The summed E-state index contributed by atoms with van der Waals surface area (Å²) < 4.78 is 0. The molecule has 0 N–H and O–H groups in total. The SMILES string of the molecule is N#Cc1cccc(C(=O)c2cccc(C#N)c2C#N)c1C#N. The molecule has 0 amide bonds. The third kappa shape index (κ3) is 2.27. The molecule has 100 valence electrons. The van der Waals surface area contributed by atoms with E-state index in [4.69, 9.17) is 10.5 Å².